The highest BCUT2D eigenvalue weighted by Gasteiger charge is 2.16. The van der Waals surface area contributed by atoms with Gasteiger partial charge in [-0.3, -0.25) is 0 Å². The third kappa shape index (κ3) is 37.7. The highest BCUT2D eigenvalue weighted by atomic mass is 35.5. The predicted molar refractivity (Wildman–Crippen MR) is 362 cm³/mol. The first-order chi connectivity index (χ1) is 42.2. The van der Waals surface area contributed by atoms with Crippen molar-refractivity contribution in [3.8, 4) is 0 Å². The Morgan fingerprint density at radius 1 is 0.349 bits per heavy atom. The van der Waals surface area contributed by atoms with E-state index >= 15 is 0 Å². The Kier molecular flexibility index (Phi) is 46.2. The van der Waals surface area contributed by atoms with E-state index in [1.54, 1.807) is 0 Å². The van der Waals surface area contributed by atoms with Crippen LogP contribution >= 0.6 is 11.6 Å². The van der Waals surface area contributed by atoms with Crippen LogP contribution in [0.15, 0.2) is 0 Å². The van der Waals surface area contributed by atoms with E-state index in [9.17, 15) is 0 Å². The maximum absolute atomic E-state index is 6.78. The summed E-state index contributed by atoms with van der Waals surface area (Å²) in [4.78, 5) is 58.6. The third-order valence-electron chi connectivity index (χ3n) is 12.4. The topological polar surface area (TPSA) is 319 Å². The quantitative estimate of drug-likeness (QED) is 0.0111. The van der Waals surface area contributed by atoms with Gasteiger partial charge in [0.15, 0.2) is 0 Å². The fraction of sp³-hybridized carbons (Fsp3) is 0.776. The summed E-state index contributed by atoms with van der Waals surface area (Å²) in [5.74, 6) is 8.02. The van der Waals surface area contributed by atoms with Crippen molar-refractivity contribution in [2.45, 2.75) is 171 Å². The molecule has 5 rings (SSSR count). The number of nitrogens with one attached hydrogen (secondary N) is 13. The second-order valence-corrected chi connectivity index (χ2v) is 20.6. The van der Waals surface area contributed by atoms with Crippen molar-refractivity contribution in [1.29, 1.82) is 0 Å². The van der Waals surface area contributed by atoms with Gasteiger partial charge in [0.1, 0.15) is 0 Å². The molecule has 86 heavy (non-hydrogen) atoms. The maximum Gasteiger partial charge on any atom is 0.232 e. The highest BCUT2D eigenvalue weighted by molar-refractivity contribution is 6.18. The number of piperazine rings is 1. The van der Waals surface area contributed by atoms with Gasteiger partial charge in [-0.1, -0.05) is 114 Å². The molecule has 27 nitrogen and oxygen atoms in total. The van der Waals surface area contributed by atoms with Crippen LogP contribution in [0.1, 0.15) is 171 Å². The molecule has 0 atom stereocenters. The number of rotatable bonds is 45. The van der Waals surface area contributed by atoms with Gasteiger partial charge in [0.25, 0.3) is 0 Å². The monoisotopic (exact) mass is 1220 g/mol. The molecule has 0 unspecified atom stereocenters. The number of anilines is 12. The summed E-state index contributed by atoms with van der Waals surface area (Å²) in [6.07, 6.45) is 18.7. The van der Waals surface area contributed by atoms with Crippen LogP contribution in [0.4, 0.5) is 71.4 Å². The second kappa shape index (κ2) is 52.7. The summed E-state index contributed by atoms with van der Waals surface area (Å²) in [7, 11) is 0. The van der Waals surface area contributed by atoms with E-state index in [1.165, 1.54) is 0 Å². The number of halogens is 1. The molecule has 1 saturated heterocycles. The van der Waals surface area contributed by atoms with Gasteiger partial charge < -0.3 is 78.9 Å². The standard InChI is InChI=1S/C15H29N7.C15H27N7.C15H31N7.C13H25ClN6/c1-3-5-7-17-13-19-14(18-8-6-4-2)21-15(20-13)22-11-9-16-10-12-22;1-4-6-10-17-13-20-14(18-11-7-5-2)22-15(21-13)19-12-8-9-16-3;1-4-7-9-17-13-20-14(18-10-8-5-2)22-15(21-13)19-12-11-16-6-3;1-3-5-8-15-11-18-12(16-9-6-4-2)20-13(19-11)17-10-7-14/h16H,3-12H2,1-2H3,(H2,17,18,19,20,21);4-12H2,1-2H3,(H3,17,18,19,20,21,22);16H,4-12H2,1-3H3,(H3,17,18,19,20,21,22);3-10H2,1-2H3,(H3,15,16,17,18,19,20). The average molecular weight is 1220 g/mol. The van der Waals surface area contributed by atoms with Crippen LogP contribution in [0.25, 0.3) is 4.85 Å². The molecule has 486 valence electrons. The molecule has 0 saturated carbocycles. The average Bonchev–Trinajstić information content (AvgIpc) is 3.71. The molecule has 0 aliphatic carbocycles. The zero-order valence-corrected chi connectivity index (χ0v) is 54.9. The molecule has 1 aliphatic heterocycles. The van der Waals surface area contributed by atoms with Gasteiger partial charge in [-0.15, -0.1) is 11.6 Å². The number of aromatic nitrogens is 12. The summed E-state index contributed by atoms with van der Waals surface area (Å²) < 4.78 is 0. The number of unbranched alkanes of at least 4 members (excludes halogenated alkanes) is 8. The normalized spacial score (nSPS) is 11.5. The molecular formula is C58H112ClN27. The number of nitrogens with zero attached hydrogens (tertiary/aromatic N) is 14. The summed E-state index contributed by atoms with van der Waals surface area (Å²) in [5, 5.41) is 42.1. The van der Waals surface area contributed by atoms with Crippen molar-refractivity contribution in [2.75, 3.05) is 187 Å². The van der Waals surface area contributed by atoms with Crippen LogP contribution in [0, 0.1) is 6.57 Å². The third-order valence-corrected chi connectivity index (χ3v) is 12.6. The summed E-state index contributed by atoms with van der Waals surface area (Å²) in [6.45, 7) is 41.5. The SMILES string of the molecule is CCCCNc1nc(NCCCC)nc(N2CCNCC2)n1.CCCCNc1nc(NCCCC)nc(NCCNCC)n1.CCCCNc1nc(NCCCl)nc(NCCCC)n1.[C-]#[N+]CCCNc1nc(NCCCC)nc(NCCCC)n1. The van der Waals surface area contributed by atoms with E-state index in [-0.39, 0.29) is 0 Å². The minimum Gasteiger partial charge on any atom is -0.354 e. The van der Waals surface area contributed by atoms with Crippen molar-refractivity contribution < 1.29 is 0 Å². The summed E-state index contributed by atoms with van der Waals surface area (Å²) >= 11 is 5.67. The van der Waals surface area contributed by atoms with Gasteiger partial charge in [-0.25, -0.2) is 6.57 Å². The number of hydrogen-bond acceptors (Lipinski definition) is 26. The number of hydrogen-bond donors (Lipinski definition) is 13. The fourth-order valence-corrected chi connectivity index (χ4v) is 7.44. The van der Waals surface area contributed by atoms with Gasteiger partial charge in [0, 0.05) is 117 Å². The van der Waals surface area contributed by atoms with Crippen LogP contribution in [-0.2, 0) is 0 Å². The summed E-state index contributed by atoms with van der Waals surface area (Å²) in [5.41, 5.74) is 0. The largest absolute Gasteiger partial charge is 0.354 e. The van der Waals surface area contributed by atoms with Gasteiger partial charge >= 0.3 is 0 Å². The molecule has 0 aromatic carbocycles. The molecule has 0 bridgehead atoms. The lowest BCUT2D eigenvalue weighted by atomic mass is 10.3. The molecule has 0 amide bonds. The Hall–Kier alpha value is -6.66. The van der Waals surface area contributed by atoms with Gasteiger partial charge in [0.05, 0.1) is 0 Å². The first-order valence-electron chi connectivity index (χ1n) is 32.4. The van der Waals surface area contributed by atoms with Crippen molar-refractivity contribution in [1.82, 2.24) is 70.4 Å². The molecular weight excluding hydrogens is 1110 g/mol. The Balaban J connectivity index is 0.000000391. The van der Waals surface area contributed by atoms with E-state index in [4.69, 9.17) is 18.2 Å². The molecule has 28 heteroatoms. The van der Waals surface area contributed by atoms with Crippen molar-refractivity contribution in [2.24, 2.45) is 0 Å². The van der Waals surface area contributed by atoms with Crippen LogP contribution in [-0.4, -0.2) is 183 Å². The molecule has 1 fully saturated rings. The zero-order valence-electron chi connectivity index (χ0n) is 54.1. The lowest BCUT2D eigenvalue weighted by molar-refractivity contribution is 0.579. The molecule has 4 aromatic heterocycles. The summed E-state index contributed by atoms with van der Waals surface area (Å²) in [6, 6.07) is 0. The second-order valence-electron chi connectivity index (χ2n) is 20.2. The predicted octanol–water partition coefficient (Wildman–Crippen LogP) is 9.99. The van der Waals surface area contributed by atoms with E-state index in [0.29, 0.717) is 90.9 Å². The minimum absolute atomic E-state index is 0.515. The number of likely N-dealkylation sites (N-methyl/N-ethyl adjacent to an activating group) is 1. The molecule has 13 N–H and O–H groups in total. The smallest absolute Gasteiger partial charge is 0.232 e. The minimum atomic E-state index is 0.515. The Morgan fingerprint density at radius 3 is 0.837 bits per heavy atom. The van der Waals surface area contributed by atoms with Crippen LogP contribution < -0.4 is 74.0 Å². The lowest BCUT2D eigenvalue weighted by Gasteiger charge is -2.27. The van der Waals surface area contributed by atoms with Gasteiger partial charge in [0.2, 0.25) is 77.9 Å². The first kappa shape index (κ1) is 75.4. The highest BCUT2D eigenvalue weighted by Crippen LogP contribution is 2.16. The molecule has 4 aromatic rings. The number of alkyl halides is 1. The zero-order chi connectivity index (χ0) is 62.3. The van der Waals surface area contributed by atoms with E-state index in [1.807, 2.05) is 0 Å². The molecule has 5 heterocycles. The van der Waals surface area contributed by atoms with Crippen LogP contribution in [0.3, 0.4) is 0 Å². The lowest BCUT2D eigenvalue weighted by Crippen LogP contribution is -2.44. The van der Waals surface area contributed by atoms with E-state index < -0.39 is 0 Å². The van der Waals surface area contributed by atoms with Crippen LogP contribution in [0.2, 0.25) is 0 Å². The Labute approximate surface area is 521 Å². The van der Waals surface area contributed by atoms with E-state index in [0.717, 1.165) is 213 Å². The fourth-order valence-electron chi connectivity index (χ4n) is 7.34. The molecule has 1 aliphatic rings. The Bertz CT molecular complexity index is 2180. The molecule has 0 spiro atoms. The van der Waals surface area contributed by atoms with E-state index in [2.05, 4.69) is 201 Å². The van der Waals surface area contributed by atoms with Gasteiger partial charge in [-0.2, -0.15) is 59.8 Å². The van der Waals surface area contributed by atoms with Crippen molar-refractivity contribution in [3.05, 3.63) is 11.4 Å². The van der Waals surface area contributed by atoms with Crippen molar-refractivity contribution >= 4 is 83.0 Å². The van der Waals surface area contributed by atoms with Crippen LogP contribution in [0.5, 0.6) is 0 Å². The first-order valence-corrected chi connectivity index (χ1v) is 33.0. The Morgan fingerprint density at radius 2 is 0.593 bits per heavy atom. The molecule has 0 radical (unpaired) electrons. The van der Waals surface area contributed by atoms with Gasteiger partial charge in [-0.05, 0) is 57.9 Å². The van der Waals surface area contributed by atoms with Crippen molar-refractivity contribution in [3.63, 3.8) is 0 Å². The maximum atomic E-state index is 6.78.